The van der Waals surface area contributed by atoms with Gasteiger partial charge in [-0.3, -0.25) is 0 Å². The molecule has 0 radical (unpaired) electrons. The summed E-state index contributed by atoms with van der Waals surface area (Å²) in [6.45, 7) is 0.164. The average Bonchev–Trinajstić information content (AvgIpc) is 3.31. The first-order valence-corrected chi connectivity index (χ1v) is 8.82. The van der Waals surface area contributed by atoms with Gasteiger partial charge < -0.3 is 19.5 Å². The van der Waals surface area contributed by atoms with Crippen LogP contribution in [-0.2, 0) is 6.54 Å². The number of aromatic nitrogens is 3. The molecule has 0 saturated carbocycles. The molecule has 154 valence electrons. The Balaban J connectivity index is 1.89. The molecular weight excluding hydrogens is 388 g/mol. The molecule has 3 rings (SSSR count). The lowest BCUT2D eigenvalue weighted by Gasteiger charge is -2.24. The number of nitrogens with zero attached hydrogens (tertiary/aromatic N) is 5. The highest BCUT2D eigenvalue weighted by Crippen LogP contribution is 2.38. The van der Waals surface area contributed by atoms with Gasteiger partial charge in [0.25, 0.3) is 0 Å². The minimum absolute atomic E-state index is 0.164. The molecule has 0 bridgehead atoms. The molecule has 3 aromatic rings. The van der Waals surface area contributed by atoms with Crippen LogP contribution in [0.25, 0.3) is 0 Å². The molecule has 0 saturated heterocycles. The minimum atomic E-state index is -0.423. The zero-order chi connectivity index (χ0) is 21.5. The Kier molecular flexibility index (Phi) is 6.34. The summed E-state index contributed by atoms with van der Waals surface area (Å²) in [7, 11) is 4.57. The van der Waals surface area contributed by atoms with Crippen LogP contribution >= 0.6 is 0 Å². The van der Waals surface area contributed by atoms with Gasteiger partial charge in [-0.25, -0.2) is 14.5 Å². The maximum atomic E-state index is 13.0. The van der Waals surface area contributed by atoms with Gasteiger partial charge in [0.2, 0.25) is 5.75 Å². The number of nitriles is 1. The fraction of sp³-hybridized carbons (Fsp3) is 0.200. The second-order valence-corrected chi connectivity index (χ2v) is 6.05. The number of urea groups is 1. The van der Waals surface area contributed by atoms with E-state index in [1.807, 2.05) is 6.07 Å². The van der Waals surface area contributed by atoms with Crippen LogP contribution in [0, 0.1) is 11.3 Å². The number of nitrogens with one attached hydrogen (secondary N) is 1. The molecule has 2 amide bonds. The lowest BCUT2D eigenvalue weighted by atomic mass is 10.1. The zero-order valence-electron chi connectivity index (χ0n) is 16.7. The smallest absolute Gasteiger partial charge is 0.341 e. The molecule has 0 aliphatic rings. The largest absolute Gasteiger partial charge is 0.493 e. The maximum absolute atomic E-state index is 13.0. The van der Waals surface area contributed by atoms with E-state index in [1.165, 1.54) is 43.7 Å². The number of methoxy groups -OCH3 is 3. The molecule has 0 unspecified atom stereocenters. The van der Waals surface area contributed by atoms with E-state index in [0.717, 1.165) is 5.56 Å². The van der Waals surface area contributed by atoms with Crippen molar-refractivity contribution in [2.75, 3.05) is 31.7 Å². The number of benzene rings is 2. The van der Waals surface area contributed by atoms with Crippen molar-refractivity contribution in [2.45, 2.75) is 6.54 Å². The number of rotatable bonds is 7. The van der Waals surface area contributed by atoms with Gasteiger partial charge in [0.15, 0.2) is 11.5 Å². The summed E-state index contributed by atoms with van der Waals surface area (Å²) in [5.41, 5.74) is 1.77. The van der Waals surface area contributed by atoms with E-state index < -0.39 is 6.03 Å². The van der Waals surface area contributed by atoms with Crippen molar-refractivity contribution < 1.29 is 19.0 Å². The van der Waals surface area contributed by atoms with E-state index in [2.05, 4.69) is 15.5 Å². The minimum Gasteiger partial charge on any atom is -0.493 e. The fourth-order valence-electron chi connectivity index (χ4n) is 2.79. The summed E-state index contributed by atoms with van der Waals surface area (Å²) >= 11 is 0. The molecule has 1 aromatic heterocycles. The van der Waals surface area contributed by atoms with E-state index in [1.54, 1.807) is 36.4 Å². The molecule has 30 heavy (non-hydrogen) atoms. The van der Waals surface area contributed by atoms with Crippen LogP contribution in [0.4, 0.5) is 10.5 Å². The first kappa shape index (κ1) is 20.5. The Morgan fingerprint density at radius 2 is 1.67 bits per heavy atom. The van der Waals surface area contributed by atoms with E-state index in [0.29, 0.717) is 28.5 Å². The van der Waals surface area contributed by atoms with Crippen LogP contribution < -0.4 is 24.5 Å². The number of carbonyl (C=O) groups is 1. The Morgan fingerprint density at radius 1 is 1.07 bits per heavy atom. The van der Waals surface area contributed by atoms with Gasteiger partial charge in [-0.15, -0.1) is 10.2 Å². The average molecular weight is 408 g/mol. The lowest BCUT2D eigenvalue weighted by molar-refractivity contribution is 0.251. The van der Waals surface area contributed by atoms with Crippen molar-refractivity contribution in [2.24, 2.45) is 0 Å². The molecule has 1 heterocycles. The zero-order valence-corrected chi connectivity index (χ0v) is 16.7. The van der Waals surface area contributed by atoms with E-state index >= 15 is 0 Å². The van der Waals surface area contributed by atoms with E-state index in [4.69, 9.17) is 19.5 Å². The molecular formula is C20H20N6O4. The summed E-state index contributed by atoms with van der Waals surface area (Å²) < 4.78 is 17.6. The monoisotopic (exact) mass is 408 g/mol. The highest BCUT2D eigenvalue weighted by molar-refractivity contribution is 5.96. The van der Waals surface area contributed by atoms with Gasteiger partial charge in [0.05, 0.1) is 39.5 Å². The van der Waals surface area contributed by atoms with Crippen LogP contribution in [0.5, 0.6) is 17.2 Å². The van der Waals surface area contributed by atoms with Crippen LogP contribution in [0.15, 0.2) is 49.1 Å². The fourth-order valence-corrected chi connectivity index (χ4v) is 2.79. The highest BCUT2D eigenvalue weighted by atomic mass is 16.5. The summed E-state index contributed by atoms with van der Waals surface area (Å²) in [6.07, 6.45) is 2.83. The van der Waals surface area contributed by atoms with Crippen molar-refractivity contribution in [1.82, 2.24) is 14.9 Å². The van der Waals surface area contributed by atoms with Crippen molar-refractivity contribution in [3.8, 4) is 23.3 Å². The Bertz CT molecular complexity index is 1020. The van der Waals surface area contributed by atoms with Crippen LogP contribution in [0.2, 0.25) is 0 Å². The summed E-state index contributed by atoms with van der Waals surface area (Å²) in [6, 6.07) is 11.7. The van der Waals surface area contributed by atoms with Crippen molar-refractivity contribution >= 4 is 11.7 Å². The van der Waals surface area contributed by atoms with Gasteiger partial charge >= 0.3 is 6.03 Å². The van der Waals surface area contributed by atoms with Crippen LogP contribution in [0.1, 0.15) is 11.1 Å². The highest BCUT2D eigenvalue weighted by Gasteiger charge is 2.20. The SMILES string of the molecule is COc1cc(CN(C(=O)Nc2ccc(C#N)cc2)n2cnnc2)cc(OC)c1OC. The van der Waals surface area contributed by atoms with Gasteiger partial charge in [-0.1, -0.05) is 0 Å². The number of amides is 2. The number of carbonyl (C=O) groups excluding carboxylic acids is 1. The van der Waals surface area contributed by atoms with Crippen molar-refractivity contribution in [3.63, 3.8) is 0 Å². The second kappa shape index (κ2) is 9.29. The van der Waals surface area contributed by atoms with Gasteiger partial charge in [0.1, 0.15) is 12.7 Å². The van der Waals surface area contributed by atoms with Crippen molar-refractivity contribution in [3.05, 3.63) is 60.2 Å². The molecule has 0 atom stereocenters. The van der Waals surface area contributed by atoms with Crippen molar-refractivity contribution in [1.29, 1.82) is 5.26 Å². The summed E-state index contributed by atoms with van der Waals surface area (Å²) in [5, 5.41) is 20.7. The standard InChI is InChI=1S/C20H20N6O4/c1-28-17-8-15(9-18(29-2)19(17)30-3)11-26(25-12-22-23-13-25)20(27)24-16-6-4-14(10-21)5-7-16/h4-9,12-13H,11H2,1-3H3,(H,24,27). The first-order chi connectivity index (χ1) is 14.6. The molecule has 0 spiro atoms. The van der Waals surface area contributed by atoms with Crippen LogP contribution in [-0.4, -0.2) is 42.2 Å². The third-order valence-electron chi connectivity index (χ3n) is 4.24. The Hall–Kier alpha value is -4.26. The predicted molar refractivity (Wildman–Crippen MR) is 108 cm³/mol. The second-order valence-electron chi connectivity index (χ2n) is 6.05. The molecule has 2 aromatic carbocycles. The van der Waals surface area contributed by atoms with Gasteiger partial charge in [0, 0.05) is 5.69 Å². The summed E-state index contributed by atoms with van der Waals surface area (Å²) in [5.74, 6) is 1.41. The molecule has 0 aliphatic carbocycles. The number of hydrogen-bond acceptors (Lipinski definition) is 7. The molecule has 0 aliphatic heterocycles. The van der Waals surface area contributed by atoms with Gasteiger partial charge in [-0.2, -0.15) is 5.26 Å². The molecule has 0 fully saturated rings. The maximum Gasteiger partial charge on any atom is 0.341 e. The Morgan fingerprint density at radius 3 is 2.17 bits per heavy atom. The summed E-state index contributed by atoms with van der Waals surface area (Å²) in [4.78, 5) is 13.0. The number of ether oxygens (including phenoxy) is 3. The quantitative estimate of drug-likeness (QED) is 0.639. The molecule has 10 heteroatoms. The lowest BCUT2D eigenvalue weighted by Crippen LogP contribution is -2.42. The first-order valence-electron chi connectivity index (χ1n) is 8.82. The topological polar surface area (TPSA) is 115 Å². The third-order valence-corrected chi connectivity index (χ3v) is 4.24. The van der Waals surface area contributed by atoms with E-state index in [-0.39, 0.29) is 6.54 Å². The number of anilines is 1. The number of hydrogen-bond donors (Lipinski definition) is 1. The third kappa shape index (κ3) is 4.41. The van der Waals surface area contributed by atoms with Crippen LogP contribution in [0.3, 0.4) is 0 Å². The van der Waals surface area contributed by atoms with E-state index in [9.17, 15) is 4.79 Å². The Labute approximate surface area is 173 Å². The predicted octanol–water partition coefficient (Wildman–Crippen LogP) is 2.55. The van der Waals surface area contributed by atoms with Gasteiger partial charge in [-0.05, 0) is 42.0 Å². The molecule has 1 N–H and O–H groups in total. The normalized spacial score (nSPS) is 10.1. The molecule has 10 nitrogen and oxygen atoms in total.